The van der Waals surface area contributed by atoms with Gasteiger partial charge in [0.1, 0.15) is 16.9 Å². The highest BCUT2D eigenvalue weighted by atomic mass is 19.4. The molecular formula is C24H24F3N9O. The average Bonchev–Trinajstić information content (AvgIpc) is 3.23. The van der Waals surface area contributed by atoms with Gasteiger partial charge in [0.05, 0.1) is 11.9 Å². The van der Waals surface area contributed by atoms with Crippen molar-refractivity contribution in [2.75, 3.05) is 22.1 Å². The predicted octanol–water partition coefficient (Wildman–Crippen LogP) is 4.48. The zero-order chi connectivity index (χ0) is 25.8. The number of H-pyrrole nitrogens is 1. The van der Waals surface area contributed by atoms with Gasteiger partial charge in [0.2, 0.25) is 17.8 Å². The van der Waals surface area contributed by atoms with Crippen molar-refractivity contribution in [3.8, 4) is 0 Å². The molecule has 0 aromatic carbocycles. The Labute approximate surface area is 209 Å². The Morgan fingerprint density at radius 3 is 2.78 bits per heavy atom. The molecule has 1 saturated carbocycles. The van der Waals surface area contributed by atoms with Gasteiger partial charge in [-0.1, -0.05) is 0 Å². The van der Waals surface area contributed by atoms with Crippen LogP contribution in [0.3, 0.4) is 0 Å². The van der Waals surface area contributed by atoms with Crippen LogP contribution in [0, 0.1) is 0 Å². The molecule has 192 valence electrons. The van der Waals surface area contributed by atoms with Crippen LogP contribution in [-0.2, 0) is 11.0 Å². The Morgan fingerprint density at radius 1 is 1.22 bits per heavy atom. The minimum Gasteiger partial charge on any atom is -0.326 e. The molecule has 1 saturated heterocycles. The molecule has 1 aliphatic heterocycles. The van der Waals surface area contributed by atoms with E-state index >= 15 is 0 Å². The number of anilines is 4. The van der Waals surface area contributed by atoms with E-state index < -0.39 is 17.4 Å². The van der Waals surface area contributed by atoms with Crippen LogP contribution in [0.15, 0.2) is 42.7 Å². The predicted molar refractivity (Wildman–Crippen MR) is 130 cm³/mol. The van der Waals surface area contributed by atoms with Crippen LogP contribution in [0.2, 0.25) is 0 Å². The van der Waals surface area contributed by atoms with E-state index in [2.05, 4.69) is 30.8 Å². The molecule has 4 aromatic rings. The normalized spacial score (nSPS) is 19.9. The summed E-state index contributed by atoms with van der Waals surface area (Å²) in [7, 11) is 0. The van der Waals surface area contributed by atoms with E-state index in [1.54, 1.807) is 11.3 Å². The number of hydrogen-bond acceptors (Lipinski definition) is 7. The summed E-state index contributed by atoms with van der Waals surface area (Å²) in [6.07, 6.45) is 1.84. The quantitative estimate of drug-likeness (QED) is 0.349. The van der Waals surface area contributed by atoms with E-state index in [0.717, 1.165) is 37.2 Å². The molecule has 1 atom stereocenters. The number of fused-ring (bicyclic) bond motifs is 1. The first kappa shape index (κ1) is 23.3. The van der Waals surface area contributed by atoms with E-state index in [1.165, 1.54) is 6.07 Å². The molecule has 0 spiro atoms. The molecule has 2 fully saturated rings. The number of carbonyl (C=O) groups excluding carboxylic acids is 1. The summed E-state index contributed by atoms with van der Waals surface area (Å²) in [5, 5.41) is 13.4. The van der Waals surface area contributed by atoms with E-state index in [0.29, 0.717) is 42.2 Å². The lowest BCUT2D eigenvalue weighted by molar-refractivity contribution is -0.141. The second-order valence-electron chi connectivity index (χ2n) is 9.60. The highest BCUT2D eigenvalue weighted by Crippen LogP contribution is 2.40. The first-order valence-electron chi connectivity index (χ1n) is 12.0. The van der Waals surface area contributed by atoms with Crippen molar-refractivity contribution in [3.63, 3.8) is 0 Å². The van der Waals surface area contributed by atoms with Crippen molar-refractivity contribution in [1.29, 1.82) is 0 Å². The van der Waals surface area contributed by atoms with Crippen molar-refractivity contribution >= 4 is 35.0 Å². The molecule has 2 aliphatic rings. The Bertz CT molecular complexity index is 1460. The molecule has 1 amide bonds. The van der Waals surface area contributed by atoms with E-state index in [1.807, 2.05) is 29.3 Å². The van der Waals surface area contributed by atoms with Crippen LogP contribution in [0.4, 0.5) is 36.6 Å². The van der Waals surface area contributed by atoms with Crippen LogP contribution < -0.4 is 15.5 Å². The van der Waals surface area contributed by atoms with Crippen molar-refractivity contribution in [1.82, 2.24) is 29.5 Å². The molecular weight excluding hydrogens is 487 g/mol. The summed E-state index contributed by atoms with van der Waals surface area (Å²) in [6, 6.07) is 7.71. The summed E-state index contributed by atoms with van der Waals surface area (Å²) in [6.45, 7) is 2.32. The second-order valence-corrected chi connectivity index (χ2v) is 9.60. The molecule has 6 rings (SSSR count). The standard InChI is InChI=1S/C24H24F3N9O/c1-23(20(37)29-15-7-8-17(28-13-15)24(25,26)27)9-3-11-36(23)22-31-19-4-2-10-35(19)21(32-22)30-18-12-16(33-34-18)14-5-6-14/h2,4,7-8,10,12-14H,3,5-6,9,11H2,1H3,(H,29,37)(H2,30,31,32,33,34)/t23-/m0/s1. The van der Waals surface area contributed by atoms with Gasteiger partial charge in [-0.15, -0.1) is 0 Å². The minimum absolute atomic E-state index is 0.182. The number of hydrogen-bond donors (Lipinski definition) is 3. The largest absolute Gasteiger partial charge is 0.433 e. The van der Waals surface area contributed by atoms with Gasteiger partial charge < -0.3 is 15.5 Å². The Kier molecular flexibility index (Phi) is 5.31. The molecule has 1 aliphatic carbocycles. The summed E-state index contributed by atoms with van der Waals surface area (Å²) in [5.74, 6) is 1.66. The SMILES string of the molecule is C[C@@]1(C(=O)Nc2ccc(C(F)(F)F)nc2)CCCN1c1nc(Nc2cc(C3CC3)[nH]n2)n2cccc2n1. The van der Waals surface area contributed by atoms with Gasteiger partial charge in [-0.25, -0.2) is 4.98 Å². The average molecular weight is 512 g/mol. The number of pyridine rings is 1. The molecule has 0 bridgehead atoms. The molecule has 13 heteroatoms. The van der Waals surface area contributed by atoms with Crippen molar-refractivity contribution < 1.29 is 18.0 Å². The fraction of sp³-hybridized carbons (Fsp3) is 0.375. The number of carbonyl (C=O) groups is 1. The molecule has 3 N–H and O–H groups in total. The number of alkyl halides is 3. The third-order valence-electron chi connectivity index (χ3n) is 6.91. The first-order valence-corrected chi connectivity index (χ1v) is 12.0. The summed E-state index contributed by atoms with van der Waals surface area (Å²) in [5.41, 5.74) is -0.124. The number of nitrogens with one attached hydrogen (secondary N) is 3. The highest BCUT2D eigenvalue weighted by Gasteiger charge is 2.45. The zero-order valence-electron chi connectivity index (χ0n) is 19.9. The smallest absolute Gasteiger partial charge is 0.326 e. The van der Waals surface area contributed by atoms with Gasteiger partial charge in [-0.05, 0) is 56.9 Å². The topological polar surface area (TPSA) is 116 Å². The van der Waals surface area contributed by atoms with Crippen LogP contribution in [-0.4, -0.2) is 47.5 Å². The first-order chi connectivity index (χ1) is 17.7. The van der Waals surface area contributed by atoms with Crippen LogP contribution in [0.5, 0.6) is 0 Å². The summed E-state index contributed by atoms with van der Waals surface area (Å²) >= 11 is 0. The molecule has 0 unspecified atom stereocenters. The fourth-order valence-corrected chi connectivity index (χ4v) is 4.67. The Balaban J connectivity index is 1.27. The summed E-state index contributed by atoms with van der Waals surface area (Å²) in [4.78, 5) is 28.0. The van der Waals surface area contributed by atoms with Crippen molar-refractivity contribution in [2.24, 2.45) is 0 Å². The number of aromatic nitrogens is 6. The Morgan fingerprint density at radius 2 is 2.05 bits per heavy atom. The number of rotatable bonds is 6. The summed E-state index contributed by atoms with van der Waals surface area (Å²) < 4.78 is 40.3. The molecule has 4 aromatic heterocycles. The van der Waals surface area contributed by atoms with Crippen LogP contribution >= 0.6 is 0 Å². The van der Waals surface area contributed by atoms with E-state index in [9.17, 15) is 18.0 Å². The van der Waals surface area contributed by atoms with Crippen LogP contribution in [0.1, 0.15) is 49.9 Å². The van der Waals surface area contributed by atoms with Crippen molar-refractivity contribution in [3.05, 3.63) is 54.1 Å². The second kappa shape index (κ2) is 8.46. The van der Waals surface area contributed by atoms with Gasteiger partial charge >= 0.3 is 6.18 Å². The molecule has 10 nitrogen and oxygen atoms in total. The lowest BCUT2D eigenvalue weighted by Crippen LogP contribution is -2.51. The minimum atomic E-state index is -4.55. The van der Waals surface area contributed by atoms with Gasteiger partial charge in [0.15, 0.2) is 5.82 Å². The monoisotopic (exact) mass is 511 g/mol. The van der Waals surface area contributed by atoms with Gasteiger partial charge in [0, 0.05) is 30.4 Å². The van der Waals surface area contributed by atoms with Gasteiger partial charge in [0.25, 0.3) is 0 Å². The lowest BCUT2D eigenvalue weighted by Gasteiger charge is -2.34. The van der Waals surface area contributed by atoms with Crippen LogP contribution in [0.25, 0.3) is 5.65 Å². The van der Waals surface area contributed by atoms with E-state index in [-0.39, 0.29) is 11.6 Å². The molecule has 37 heavy (non-hydrogen) atoms. The van der Waals surface area contributed by atoms with Gasteiger partial charge in [-0.3, -0.25) is 14.3 Å². The maximum Gasteiger partial charge on any atom is 0.433 e. The van der Waals surface area contributed by atoms with Gasteiger partial charge in [-0.2, -0.15) is 28.2 Å². The number of amides is 1. The van der Waals surface area contributed by atoms with Crippen molar-refractivity contribution in [2.45, 2.75) is 50.2 Å². The highest BCUT2D eigenvalue weighted by molar-refractivity contribution is 6.00. The maximum atomic E-state index is 13.4. The molecule has 0 radical (unpaired) electrons. The Hall–Kier alpha value is -4.16. The maximum absolute atomic E-state index is 13.4. The number of halogens is 3. The van der Waals surface area contributed by atoms with E-state index in [4.69, 9.17) is 4.98 Å². The third-order valence-corrected chi connectivity index (χ3v) is 6.91. The zero-order valence-corrected chi connectivity index (χ0v) is 19.9. The third kappa shape index (κ3) is 4.34. The molecule has 5 heterocycles. The lowest BCUT2D eigenvalue weighted by atomic mass is 9.97. The number of aromatic amines is 1. The number of nitrogens with zero attached hydrogens (tertiary/aromatic N) is 6. The fourth-order valence-electron chi connectivity index (χ4n) is 4.67.